The summed E-state index contributed by atoms with van der Waals surface area (Å²) in [7, 11) is 1.96. The van der Waals surface area contributed by atoms with Gasteiger partial charge in [0, 0.05) is 17.6 Å². The van der Waals surface area contributed by atoms with Crippen molar-refractivity contribution in [1.82, 2.24) is 10.3 Å². The molecule has 100 valence electrons. The Morgan fingerprint density at radius 1 is 0.900 bits per heavy atom. The lowest BCUT2D eigenvalue weighted by Crippen LogP contribution is -2.04. The van der Waals surface area contributed by atoms with Crippen LogP contribution >= 0.6 is 0 Å². The van der Waals surface area contributed by atoms with Crippen LogP contribution in [0.3, 0.4) is 0 Å². The number of nitrogens with one attached hydrogen (secondary N) is 1. The van der Waals surface area contributed by atoms with Crippen LogP contribution < -0.4 is 5.32 Å². The highest BCUT2D eigenvalue weighted by Gasteiger charge is 2.01. The molecule has 0 unspecified atom stereocenters. The van der Waals surface area contributed by atoms with Crippen molar-refractivity contribution in [2.75, 3.05) is 7.05 Å². The molecule has 0 amide bonds. The average molecular weight is 262 g/mol. The molecule has 0 bridgehead atoms. The van der Waals surface area contributed by atoms with Crippen LogP contribution in [-0.4, -0.2) is 12.0 Å². The van der Waals surface area contributed by atoms with Gasteiger partial charge in [0.1, 0.15) is 0 Å². The van der Waals surface area contributed by atoms with Crippen molar-refractivity contribution in [2.45, 2.75) is 13.5 Å². The predicted octanol–water partition coefficient (Wildman–Crippen LogP) is 3.93. The summed E-state index contributed by atoms with van der Waals surface area (Å²) in [6, 6.07) is 19.3. The van der Waals surface area contributed by atoms with Crippen molar-refractivity contribution in [3.8, 4) is 11.1 Å². The molecule has 0 saturated heterocycles. The van der Waals surface area contributed by atoms with Gasteiger partial charge in [0.15, 0.2) is 0 Å². The fourth-order valence-corrected chi connectivity index (χ4v) is 2.43. The standard InChI is InChI=1S/C18H18N2/c1-13-3-6-17-11-16(9-10-18(17)20-13)15-7-4-14(5-8-15)12-19-2/h3-11,19H,12H2,1-2H3. The van der Waals surface area contributed by atoms with Crippen molar-refractivity contribution in [1.29, 1.82) is 0 Å². The van der Waals surface area contributed by atoms with E-state index in [1.807, 2.05) is 14.0 Å². The van der Waals surface area contributed by atoms with Gasteiger partial charge < -0.3 is 5.32 Å². The van der Waals surface area contributed by atoms with Crippen LogP contribution in [0, 0.1) is 6.92 Å². The number of fused-ring (bicyclic) bond motifs is 1. The molecule has 0 radical (unpaired) electrons. The lowest BCUT2D eigenvalue weighted by atomic mass is 10.0. The van der Waals surface area contributed by atoms with E-state index >= 15 is 0 Å². The summed E-state index contributed by atoms with van der Waals surface area (Å²) in [5, 5.41) is 4.35. The molecule has 1 aromatic heterocycles. The lowest BCUT2D eigenvalue weighted by Gasteiger charge is -2.06. The molecular formula is C18H18N2. The summed E-state index contributed by atoms with van der Waals surface area (Å²) >= 11 is 0. The Bertz CT molecular complexity index is 730. The second-order valence-corrected chi connectivity index (χ2v) is 5.09. The van der Waals surface area contributed by atoms with Gasteiger partial charge in [-0.15, -0.1) is 0 Å². The predicted molar refractivity (Wildman–Crippen MR) is 84.7 cm³/mol. The molecule has 0 saturated carbocycles. The molecule has 0 aliphatic carbocycles. The van der Waals surface area contributed by atoms with Gasteiger partial charge >= 0.3 is 0 Å². The quantitative estimate of drug-likeness (QED) is 0.773. The van der Waals surface area contributed by atoms with Gasteiger partial charge in [-0.1, -0.05) is 36.4 Å². The van der Waals surface area contributed by atoms with Crippen molar-refractivity contribution in [3.63, 3.8) is 0 Å². The van der Waals surface area contributed by atoms with Gasteiger partial charge in [0.25, 0.3) is 0 Å². The second-order valence-electron chi connectivity index (χ2n) is 5.09. The van der Waals surface area contributed by atoms with Gasteiger partial charge in [0.2, 0.25) is 0 Å². The van der Waals surface area contributed by atoms with Crippen molar-refractivity contribution in [2.24, 2.45) is 0 Å². The van der Waals surface area contributed by atoms with Crippen LogP contribution in [0.25, 0.3) is 22.0 Å². The van der Waals surface area contributed by atoms with Gasteiger partial charge in [-0.2, -0.15) is 0 Å². The number of nitrogens with zero attached hydrogens (tertiary/aromatic N) is 1. The lowest BCUT2D eigenvalue weighted by molar-refractivity contribution is 0.818. The molecule has 0 spiro atoms. The summed E-state index contributed by atoms with van der Waals surface area (Å²) < 4.78 is 0. The van der Waals surface area contributed by atoms with Crippen LogP contribution in [0.2, 0.25) is 0 Å². The third kappa shape index (κ3) is 2.56. The highest BCUT2D eigenvalue weighted by atomic mass is 14.8. The molecule has 0 aliphatic heterocycles. The van der Waals surface area contributed by atoms with E-state index in [0.29, 0.717) is 0 Å². The maximum Gasteiger partial charge on any atom is 0.0705 e. The molecule has 2 nitrogen and oxygen atoms in total. The fraction of sp³-hybridized carbons (Fsp3) is 0.167. The fourth-order valence-electron chi connectivity index (χ4n) is 2.43. The number of rotatable bonds is 3. The monoisotopic (exact) mass is 262 g/mol. The molecule has 2 heteroatoms. The molecule has 1 N–H and O–H groups in total. The van der Waals surface area contributed by atoms with Crippen LogP contribution in [0.1, 0.15) is 11.3 Å². The summed E-state index contributed by atoms with van der Waals surface area (Å²) in [6.45, 7) is 2.93. The average Bonchev–Trinajstić information content (AvgIpc) is 2.48. The largest absolute Gasteiger partial charge is 0.316 e. The Hall–Kier alpha value is -2.19. The first kappa shape index (κ1) is 12.8. The Balaban J connectivity index is 1.99. The highest BCUT2D eigenvalue weighted by molar-refractivity contribution is 5.84. The topological polar surface area (TPSA) is 24.9 Å². The van der Waals surface area contributed by atoms with Crippen LogP contribution in [-0.2, 0) is 6.54 Å². The first-order valence-corrected chi connectivity index (χ1v) is 6.87. The molecule has 0 fully saturated rings. The molecule has 3 aromatic rings. The SMILES string of the molecule is CNCc1ccc(-c2ccc3nc(C)ccc3c2)cc1. The smallest absolute Gasteiger partial charge is 0.0705 e. The van der Waals surface area contributed by atoms with Crippen molar-refractivity contribution < 1.29 is 0 Å². The van der Waals surface area contributed by atoms with Crippen LogP contribution in [0.4, 0.5) is 0 Å². The number of hydrogen-bond acceptors (Lipinski definition) is 2. The molecule has 2 aromatic carbocycles. The van der Waals surface area contributed by atoms with E-state index in [2.05, 4.69) is 64.9 Å². The van der Waals surface area contributed by atoms with E-state index in [4.69, 9.17) is 0 Å². The third-order valence-electron chi connectivity index (χ3n) is 3.50. The molecular weight excluding hydrogens is 244 g/mol. The van der Waals surface area contributed by atoms with Gasteiger partial charge in [0.05, 0.1) is 5.52 Å². The minimum absolute atomic E-state index is 0.904. The minimum atomic E-state index is 0.904. The van der Waals surface area contributed by atoms with E-state index in [9.17, 15) is 0 Å². The Morgan fingerprint density at radius 3 is 2.40 bits per heavy atom. The van der Waals surface area contributed by atoms with Gasteiger partial charge in [-0.3, -0.25) is 4.98 Å². The number of aryl methyl sites for hydroxylation is 1. The van der Waals surface area contributed by atoms with Crippen molar-refractivity contribution in [3.05, 3.63) is 65.9 Å². The Kier molecular flexibility index (Phi) is 3.48. The maximum absolute atomic E-state index is 4.54. The summed E-state index contributed by atoms with van der Waals surface area (Å²) in [5.74, 6) is 0. The normalized spacial score (nSPS) is 10.9. The van der Waals surface area contributed by atoms with E-state index in [1.54, 1.807) is 0 Å². The molecule has 20 heavy (non-hydrogen) atoms. The molecule has 3 rings (SSSR count). The van der Waals surface area contributed by atoms with Crippen LogP contribution in [0.5, 0.6) is 0 Å². The van der Waals surface area contributed by atoms with Crippen molar-refractivity contribution >= 4 is 10.9 Å². The van der Waals surface area contributed by atoms with E-state index in [-0.39, 0.29) is 0 Å². The summed E-state index contributed by atoms with van der Waals surface area (Å²) in [6.07, 6.45) is 0. The van der Waals surface area contributed by atoms with E-state index < -0.39 is 0 Å². The van der Waals surface area contributed by atoms with E-state index in [0.717, 1.165) is 17.8 Å². The molecule has 0 aliphatic rings. The maximum atomic E-state index is 4.54. The summed E-state index contributed by atoms with van der Waals surface area (Å²) in [5.41, 5.74) is 5.89. The highest BCUT2D eigenvalue weighted by Crippen LogP contribution is 2.24. The zero-order valence-electron chi connectivity index (χ0n) is 11.9. The zero-order chi connectivity index (χ0) is 13.9. The zero-order valence-corrected chi connectivity index (χ0v) is 11.9. The number of aromatic nitrogens is 1. The number of hydrogen-bond donors (Lipinski definition) is 1. The van der Waals surface area contributed by atoms with Crippen LogP contribution in [0.15, 0.2) is 54.6 Å². The van der Waals surface area contributed by atoms with Gasteiger partial charge in [-0.05, 0) is 48.9 Å². The Morgan fingerprint density at radius 2 is 1.65 bits per heavy atom. The molecule has 1 heterocycles. The molecule has 0 atom stereocenters. The first-order valence-electron chi connectivity index (χ1n) is 6.87. The minimum Gasteiger partial charge on any atom is -0.316 e. The second kappa shape index (κ2) is 5.43. The Labute approximate surface area is 119 Å². The first-order chi connectivity index (χ1) is 9.76. The van der Waals surface area contributed by atoms with Gasteiger partial charge in [-0.25, -0.2) is 0 Å². The van der Waals surface area contributed by atoms with E-state index in [1.165, 1.54) is 22.1 Å². The third-order valence-corrected chi connectivity index (χ3v) is 3.50. The summed E-state index contributed by atoms with van der Waals surface area (Å²) in [4.78, 5) is 4.54. The number of pyridine rings is 1. The number of benzene rings is 2.